The lowest BCUT2D eigenvalue weighted by molar-refractivity contribution is 0.0985. The Morgan fingerprint density at radius 3 is 2.14 bits per heavy atom. The van der Waals surface area contributed by atoms with Gasteiger partial charge in [0.2, 0.25) is 5.88 Å². The van der Waals surface area contributed by atoms with Gasteiger partial charge in [0.25, 0.3) is 0 Å². The van der Waals surface area contributed by atoms with Crippen molar-refractivity contribution < 1.29 is 19.0 Å². The van der Waals surface area contributed by atoms with Crippen LogP contribution in [-0.2, 0) is 6.42 Å². The lowest BCUT2D eigenvalue weighted by atomic mass is 10.0. The van der Waals surface area contributed by atoms with Gasteiger partial charge in [-0.3, -0.25) is 4.79 Å². The van der Waals surface area contributed by atoms with Crippen LogP contribution in [0.2, 0.25) is 0 Å². The van der Waals surface area contributed by atoms with Crippen LogP contribution >= 0.6 is 0 Å². The number of pyridine rings is 1. The number of rotatable bonds is 6. The van der Waals surface area contributed by atoms with Crippen molar-refractivity contribution in [2.75, 3.05) is 21.3 Å². The van der Waals surface area contributed by atoms with Gasteiger partial charge in [0.05, 0.1) is 21.3 Å². The van der Waals surface area contributed by atoms with Gasteiger partial charge in [-0.25, -0.2) is 4.98 Å². The molecule has 2 aromatic rings. The molecule has 1 aromatic carbocycles. The summed E-state index contributed by atoms with van der Waals surface area (Å²) >= 11 is 0. The number of carbonyl (C=O) groups excluding carboxylic acids is 1. The third kappa shape index (κ3) is 3.31. The van der Waals surface area contributed by atoms with Crippen molar-refractivity contribution in [3.8, 4) is 17.4 Å². The quantitative estimate of drug-likeness (QED) is 0.764. The average molecular weight is 287 g/mol. The van der Waals surface area contributed by atoms with E-state index in [-0.39, 0.29) is 12.2 Å². The van der Waals surface area contributed by atoms with E-state index >= 15 is 0 Å². The van der Waals surface area contributed by atoms with Crippen molar-refractivity contribution in [3.63, 3.8) is 0 Å². The summed E-state index contributed by atoms with van der Waals surface area (Å²) in [5.41, 5.74) is 1.06. The van der Waals surface area contributed by atoms with E-state index in [9.17, 15) is 4.79 Å². The molecule has 110 valence electrons. The van der Waals surface area contributed by atoms with Crippen LogP contribution in [0, 0.1) is 0 Å². The third-order valence-electron chi connectivity index (χ3n) is 3.09. The Morgan fingerprint density at radius 1 is 0.952 bits per heavy atom. The Bertz CT molecular complexity index is 618. The van der Waals surface area contributed by atoms with Crippen LogP contribution in [0.1, 0.15) is 16.1 Å². The molecule has 0 aliphatic rings. The molecule has 1 aromatic heterocycles. The van der Waals surface area contributed by atoms with E-state index in [1.54, 1.807) is 44.6 Å². The first kappa shape index (κ1) is 14.8. The molecule has 0 N–H and O–H groups in total. The summed E-state index contributed by atoms with van der Waals surface area (Å²) in [5.74, 6) is 1.51. The maximum absolute atomic E-state index is 12.4. The van der Waals surface area contributed by atoms with E-state index in [0.29, 0.717) is 28.6 Å². The summed E-state index contributed by atoms with van der Waals surface area (Å²) in [6, 6.07) is 10.5. The highest BCUT2D eigenvalue weighted by molar-refractivity contribution is 5.96. The molecule has 0 aliphatic heterocycles. The summed E-state index contributed by atoms with van der Waals surface area (Å²) in [5, 5.41) is 0. The molecule has 0 radical (unpaired) electrons. The first-order valence-electron chi connectivity index (χ1n) is 6.43. The SMILES string of the molecule is COc1cccc(C(=O)Cc2c(OC)cccc2OC)n1. The highest BCUT2D eigenvalue weighted by Crippen LogP contribution is 2.29. The maximum atomic E-state index is 12.4. The van der Waals surface area contributed by atoms with Crippen LogP contribution in [0.3, 0.4) is 0 Å². The predicted molar refractivity (Wildman–Crippen MR) is 78.4 cm³/mol. The highest BCUT2D eigenvalue weighted by atomic mass is 16.5. The largest absolute Gasteiger partial charge is 0.496 e. The number of nitrogens with zero attached hydrogens (tertiary/aromatic N) is 1. The van der Waals surface area contributed by atoms with E-state index in [2.05, 4.69) is 4.98 Å². The molecule has 1 heterocycles. The first-order valence-corrected chi connectivity index (χ1v) is 6.43. The van der Waals surface area contributed by atoms with Gasteiger partial charge in [0, 0.05) is 18.1 Å². The lowest BCUT2D eigenvalue weighted by Gasteiger charge is -2.12. The van der Waals surface area contributed by atoms with Crippen LogP contribution < -0.4 is 14.2 Å². The monoisotopic (exact) mass is 287 g/mol. The zero-order chi connectivity index (χ0) is 15.2. The molecule has 0 saturated heterocycles. The molecule has 0 fully saturated rings. The lowest BCUT2D eigenvalue weighted by Crippen LogP contribution is -2.09. The molecule has 2 rings (SSSR count). The number of hydrogen-bond donors (Lipinski definition) is 0. The number of Topliss-reactive ketones (excluding diaryl/α,β-unsaturated/α-hetero) is 1. The minimum absolute atomic E-state index is 0.128. The average Bonchev–Trinajstić information content (AvgIpc) is 2.54. The Kier molecular flexibility index (Phi) is 4.77. The van der Waals surface area contributed by atoms with E-state index in [4.69, 9.17) is 14.2 Å². The highest BCUT2D eigenvalue weighted by Gasteiger charge is 2.16. The zero-order valence-electron chi connectivity index (χ0n) is 12.3. The fraction of sp³-hybridized carbons (Fsp3) is 0.250. The van der Waals surface area contributed by atoms with Gasteiger partial charge >= 0.3 is 0 Å². The van der Waals surface area contributed by atoms with Crippen LogP contribution in [0.4, 0.5) is 0 Å². The number of benzene rings is 1. The van der Waals surface area contributed by atoms with Crippen molar-refractivity contribution in [1.29, 1.82) is 0 Å². The van der Waals surface area contributed by atoms with Crippen LogP contribution in [0.15, 0.2) is 36.4 Å². The van der Waals surface area contributed by atoms with Gasteiger partial charge in [-0.15, -0.1) is 0 Å². The summed E-state index contributed by atoms with van der Waals surface area (Å²) in [6.07, 6.45) is 0.146. The van der Waals surface area contributed by atoms with Crippen molar-refractivity contribution in [2.45, 2.75) is 6.42 Å². The van der Waals surface area contributed by atoms with Crippen LogP contribution in [0.25, 0.3) is 0 Å². The third-order valence-corrected chi connectivity index (χ3v) is 3.09. The molecule has 5 heteroatoms. The second kappa shape index (κ2) is 6.74. The Labute approximate surface area is 123 Å². The topological polar surface area (TPSA) is 57.7 Å². The predicted octanol–water partition coefficient (Wildman–Crippen LogP) is 2.53. The number of methoxy groups -OCH3 is 3. The number of aromatic nitrogens is 1. The van der Waals surface area contributed by atoms with Gasteiger partial charge in [0.1, 0.15) is 17.2 Å². The number of carbonyl (C=O) groups is 1. The fourth-order valence-corrected chi connectivity index (χ4v) is 2.04. The van der Waals surface area contributed by atoms with E-state index < -0.39 is 0 Å². The van der Waals surface area contributed by atoms with Crippen molar-refractivity contribution in [3.05, 3.63) is 47.7 Å². The second-order valence-electron chi connectivity index (χ2n) is 4.31. The Hall–Kier alpha value is -2.56. The Morgan fingerprint density at radius 2 is 1.57 bits per heavy atom. The molecule has 21 heavy (non-hydrogen) atoms. The maximum Gasteiger partial charge on any atom is 0.213 e. The van der Waals surface area contributed by atoms with Gasteiger partial charge in [-0.05, 0) is 18.2 Å². The second-order valence-corrected chi connectivity index (χ2v) is 4.31. The van der Waals surface area contributed by atoms with E-state index in [1.165, 1.54) is 7.11 Å². The summed E-state index contributed by atoms with van der Waals surface area (Å²) < 4.78 is 15.6. The van der Waals surface area contributed by atoms with E-state index in [1.807, 2.05) is 6.07 Å². The number of hydrogen-bond acceptors (Lipinski definition) is 5. The van der Waals surface area contributed by atoms with Crippen molar-refractivity contribution in [1.82, 2.24) is 4.98 Å². The molecule has 0 spiro atoms. The number of ether oxygens (including phenoxy) is 3. The van der Waals surface area contributed by atoms with Gasteiger partial charge < -0.3 is 14.2 Å². The molecule has 0 atom stereocenters. The minimum atomic E-state index is -0.128. The molecule has 0 amide bonds. The minimum Gasteiger partial charge on any atom is -0.496 e. The molecule has 0 bridgehead atoms. The van der Waals surface area contributed by atoms with Crippen LogP contribution in [-0.4, -0.2) is 32.1 Å². The number of ketones is 1. The molecular weight excluding hydrogens is 270 g/mol. The fourth-order valence-electron chi connectivity index (χ4n) is 2.04. The van der Waals surface area contributed by atoms with Crippen LogP contribution in [0.5, 0.6) is 17.4 Å². The van der Waals surface area contributed by atoms with Crippen molar-refractivity contribution in [2.24, 2.45) is 0 Å². The zero-order valence-corrected chi connectivity index (χ0v) is 12.3. The smallest absolute Gasteiger partial charge is 0.213 e. The molecule has 5 nitrogen and oxygen atoms in total. The van der Waals surface area contributed by atoms with E-state index in [0.717, 1.165) is 0 Å². The molecule has 0 unspecified atom stereocenters. The van der Waals surface area contributed by atoms with Gasteiger partial charge in [-0.2, -0.15) is 0 Å². The van der Waals surface area contributed by atoms with Gasteiger partial charge in [-0.1, -0.05) is 12.1 Å². The summed E-state index contributed by atoms with van der Waals surface area (Å²) in [4.78, 5) is 16.5. The molecule has 0 aliphatic carbocycles. The first-order chi connectivity index (χ1) is 10.2. The summed E-state index contributed by atoms with van der Waals surface area (Å²) in [6.45, 7) is 0. The molecular formula is C16H17NO4. The normalized spacial score (nSPS) is 10.0. The summed E-state index contributed by atoms with van der Waals surface area (Å²) in [7, 11) is 4.64. The standard InChI is InChI=1S/C16H17NO4/c1-19-14-7-5-8-15(20-2)11(14)10-13(18)12-6-4-9-16(17-12)21-3/h4-9H,10H2,1-3H3. The Balaban J connectivity index is 2.30. The molecule has 0 saturated carbocycles. The van der Waals surface area contributed by atoms with Gasteiger partial charge in [0.15, 0.2) is 5.78 Å². The van der Waals surface area contributed by atoms with Crippen molar-refractivity contribution >= 4 is 5.78 Å².